The molecule has 0 bridgehead atoms. The van der Waals surface area contributed by atoms with Crippen LogP contribution in [0.1, 0.15) is 12.5 Å². The van der Waals surface area contributed by atoms with E-state index in [4.69, 9.17) is 0 Å². The lowest BCUT2D eigenvalue weighted by Crippen LogP contribution is -2.53. The van der Waals surface area contributed by atoms with E-state index < -0.39 is 6.36 Å². The molecule has 1 heterocycles. The fourth-order valence-electron chi connectivity index (χ4n) is 3.57. The molecular weight excluding hydrogens is 437 g/mol. The average Bonchev–Trinajstić information content (AvgIpc) is 2.75. The van der Waals surface area contributed by atoms with Crippen molar-refractivity contribution in [3.05, 3.63) is 54.1 Å². The number of hydrogen-bond donors (Lipinski definition) is 2. The molecule has 7 nitrogen and oxygen atoms in total. The van der Waals surface area contributed by atoms with Crippen LogP contribution in [0, 0.1) is 6.92 Å². The van der Waals surface area contributed by atoms with Crippen LogP contribution in [-0.4, -0.2) is 66.7 Å². The molecule has 2 amide bonds. The molecule has 0 unspecified atom stereocenters. The van der Waals surface area contributed by atoms with Gasteiger partial charge in [-0.25, -0.2) is 0 Å². The van der Waals surface area contributed by atoms with Crippen molar-refractivity contribution in [3.8, 4) is 5.75 Å². The van der Waals surface area contributed by atoms with Gasteiger partial charge in [0.15, 0.2) is 0 Å². The van der Waals surface area contributed by atoms with Gasteiger partial charge in [-0.3, -0.25) is 19.4 Å². The molecule has 33 heavy (non-hydrogen) atoms. The first-order chi connectivity index (χ1) is 15.6. The van der Waals surface area contributed by atoms with Crippen LogP contribution in [0.25, 0.3) is 0 Å². The molecule has 0 saturated carbocycles. The molecule has 0 spiro atoms. The van der Waals surface area contributed by atoms with E-state index >= 15 is 0 Å². The van der Waals surface area contributed by atoms with Gasteiger partial charge < -0.3 is 15.4 Å². The molecule has 0 aromatic heterocycles. The second kappa shape index (κ2) is 10.7. The molecule has 10 heteroatoms. The van der Waals surface area contributed by atoms with E-state index in [0.717, 1.165) is 23.4 Å². The number of para-hydroxylation sites is 1. The minimum absolute atomic E-state index is 0.0755. The van der Waals surface area contributed by atoms with Crippen molar-refractivity contribution in [3.63, 3.8) is 0 Å². The molecule has 0 radical (unpaired) electrons. The van der Waals surface area contributed by atoms with Crippen molar-refractivity contribution in [2.24, 2.45) is 0 Å². The average molecular weight is 464 g/mol. The Labute approximate surface area is 190 Å². The summed E-state index contributed by atoms with van der Waals surface area (Å²) in [7, 11) is 0. The van der Waals surface area contributed by atoms with E-state index in [0.29, 0.717) is 31.9 Å². The Balaban J connectivity index is 1.42. The van der Waals surface area contributed by atoms with Crippen LogP contribution in [0.3, 0.4) is 0 Å². The van der Waals surface area contributed by atoms with Gasteiger partial charge in [-0.1, -0.05) is 18.2 Å². The lowest BCUT2D eigenvalue weighted by Gasteiger charge is -2.37. The summed E-state index contributed by atoms with van der Waals surface area (Å²) in [4.78, 5) is 29.0. The number of anilines is 2. The number of amides is 2. The number of rotatable bonds is 7. The molecule has 2 aromatic carbocycles. The van der Waals surface area contributed by atoms with Gasteiger partial charge in [-0.2, -0.15) is 0 Å². The van der Waals surface area contributed by atoms with Gasteiger partial charge >= 0.3 is 6.36 Å². The SMILES string of the molecule is Cc1ccccc1NC(=O)[C@@H](C)N1CCN(CC(=O)Nc2ccc(OC(F)(F)F)cc2)CC1. The first-order valence-electron chi connectivity index (χ1n) is 10.6. The number of nitrogens with zero attached hydrogens (tertiary/aromatic N) is 2. The van der Waals surface area contributed by atoms with Crippen LogP contribution < -0.4 is 15.4 Å². The maximum atomic E-state index is 12.6. The number of aryl methyl sites for hydroxylation is 1. The number of alkyl halides is 3. The second-order valence-corrected chi connectivity index (χ2v) is 7.91. The Kier molecular flexibility index (Phi) is 7.93. The monoisotopic (exact) mass is 464 g/mol. The number of piperazine rings is 1. The molecule has 3 rings (SSSR count). The molecular formula is C23H27F3N4O3. The lowest BCUT2D eigenvalue weighted by atomic mass is 10.1. The highest BCUT2D eigenvalue weighted by Gasteiger charge is 2.31. The minimum Gasteiger partial charge on any atom is -0.406 e. The fourth-order valence-corrected chi connectivity index (χ4v) is 3.57. The van der Waals surface area contributed by atoms with E-state index in [1.165, 1.54) is 12.1 Å². The highest BCUT2D eigenvalue weighted by molar-refractivity contribution is 5.95. The Hall–Kier alpha value is -3.11. The van der Waals surface area contributed by atoms with Crippen molar-refractivity contribution < 1.29 is 27.5 Å². The summed E-state index contributed by atoms with van der Waals surface area (Å²) < 4.78 is 40.5. The number of carbonyl (C=O) groups is 2. The van der Waals surface area contributed by atoms with Gasteiger partial charge in [-0.15, -0.1) is 13.2 Å². The number of halogens is 3. The van der Waals surface area contributed by atoms with Gasteiger partial charge in [0.2, 0.25) is 11.8 Å². The van der Waals surface area contributed by atoms with Crippen molar-refractivity contribution in [1.82, 2.24) is 9.80 Å². The quantitative estimate of drug-likeness (QED) is 0.657. The van der Waals surface area contributed by atoms with Crippen LogP contribution in [-0.2, 0) is 9.59 Å². The van der Waals surface area contributed by atoms with Crippen LogP contribution >= 0.6 is 0 Å². The van der Waals surface area contributed by atoms with Gasteiger partial charge in [0.05, 0.1) is 12.6 Å². The smallest absolute Gasteiger partial charge is 0.406 e. The molecule has 178 valence electrons. The van der Waals surface area contributed by atoms with Gasteiger partial charge in [0, 0.05) is 37.6 Å². The predicted molar refractivity (Wildman–Crippen MR) is 119 cm³/mol. The first-order valence-corrected chi connectivity index (χ1v) is 10.6. The topological polar surface area (TPSA) is 73.9 Å². The summed E-state index contributed by atoms with van der Waals surface area (Å²) in [6.45, 7) is 6.47. The zero-order valence-corrected chi connectivity index (χ0v) is 18.5. The Morgan fingerprint density at radius 2 is 1.64 bits per heavy atom. The van der Waals surface area contributed by atoms with Crippen LogP contribution in [0.15, 0.2) is 48.5 Å². The Morgan fingerprint density at radius 1 is 1.00 bits per heavy atom. The Bertz CT molecular complexity index is 958. The standard InChI is InChI=1S/C23H27F3N4O3/c1-16-5-3-4-6-20(16)28-22(32)17(2)30-13-11-29(12-14-30)15-21(31)27-18-7-9-19(10-8-18)33-23(24,25)26/h3-10,17H,11-15H2,1-2H3,(H,27,31)(H,28,32)/t17-/m1/s1. The number of carbonyl (C=O) groups excluding carboxylic acids is 2. The zero-order chi connectivity index (χ0) is 24.0. The Morgan fingerprint density at radius 3 is 2.24 bits per heavy atom. The third-order valence-corrected chi connectivity index (χ3v) is 5.48. The molecule has 0 aliphatic carbocycles. The highest BCUT2D eigenvalue weighted by Crippen LogP contribution is 2.24. The summed E-state index contributed by atoms with van der Waals surface area (Å²) in [6, 6.07) is 12.3. The van der Waals surface area contributed by atoms with Crippen molar-refractivity contribution in [1.29, 1.82) is 0 Å². The molecule has 2 aromatic rings. The molecule has 2 N–H and O–H groups in total. The summed E-state index contributed by atoms with van der Waals surface area (Å²) in [5.41, 5.74) is 2.17. The molecule has 1 aliphatic rings. The van der Waals surface area contributed by atoms with Crippen LogP contribution in [0.5, 0.6) is 5.75 Å². The highest BCUT2D eigenvalue weighted by atomic mass is 19.4. The van der Waals surface area contributed by atoms with Crippen LogP contribution in [0.2, 0.25) is 0 Å². The number of benzene rings is 2. The van der Waals surface area contributed by atoms with Gasteiger partial charge in [0.25, 0.3) is 0 Å². The summed E-state index contributed by atoms with van der Waals surface area (Å²) in [5.74, 6) is -0.691. The third-order valence-electron chi connectivity index (χ3n) is 5.48. The number of hydrogen-bond acceptors (Lipinski definition) is 5. The van der Waals surface area contributed by atoms with E-state index in [1.807, 2.05) is 43.0 Å². The van der Waals surface area contributed by atoms with E-state index in [1.54, 1.807) is 0 Å². The maximum Gasteiger partial charge on any atom is 0.573 e. The van der Waals surface area contributed by atoms with Crippen molar-refractivity contribution in [2.75, 3.05) is 43.4 Å². The normalized spacial score (nSPS) is 16.2. The summed E-state index contributed by atoms with van der Waals surface area (Å²) in [6.07, 6.45) is -4.76. The second-order valence-electron chi connectivity index (χ2n) is 7.91. The van der Waals surface area contributed by atoms with Crippen molar-refractivity contribution >= 4 is 23.2 Å². The summed E-state index contributed by atoms with van der Waals surface area (Å²) >= 11 is 0. The molecule has 1 saturated heterocycles. The van der Waals surface area contributed by atoms with Gasteiger partial charge in [0.1, 0.15) is 5.75 Å². The maximum absolute atomic E-state index is 12.6. The van der Waals surface area contributed by atoms with Crippen molar-refractivity contribution in [2.45, 2.75) is 26.3 Å². The number of nitrogens with one attached hydrogen (secondary N) is 2. The largest absolute Gasteiger partial charge is 0.573 e. The third kappa shape index (κ3) is 7.47. The molecule has 1 fully saturated rings. The lowest BCUT2D eigenvalue weighted by molar-refractivity contribution is -0.274. The van der Waals surface area contributed by atoms with E-state index in [-0.39, 0.29) is 30.2 Å². The predicted octanol–water partition coefficient (Wildman–Crippen LogP) is 3.48. The van der Waals surface area contributed by atoms with E-state index in [2.05, 4.69) is 20.3 Å². The minimum atomic E-state index is -4.76. The van der Waals surface area contributed by atoms with Crippen LogP contribution in [0.4, 0.5) is 24.5 Å². The van der Waals surface area contributed by atoms with Gasteiger partial charge in [-0.05, 0) is 49.7 Å². The van der Waals surface area contributed by atoms with E-state index in [9.17, 15) is 22.8 Å². The first kappa shape index (κ1) is 24.5. The zero-order valence-electron chi connectivity index (χ0n) is 18.5. The molecule has 1 aliphatic heterocycles. The number of ether oxygens (including phenoxy) is 1. The fraction of sp³-hybridized carbons (Fsp3) is 0.391. The summed E-state index contributed by atoms with van der Waals surface area (Å²) in [5, 5.41) is 5.63. The molecule has 1 atom stereocenters.